The van der Waals surface area contributed by atoms with E-state index in [0.29, 0.717) is 19.6 Å². The van der Waals surface area contributed by atoms with Crippen LogP contribution in [0.15, 0.2) is 24.3 Å². The molecule has 1 aliphatic heterocycles. The maximum Gasteiger partial charge on any atom is 0.269 e. The average Bonchev–Trinajstić information content (AvgIpc) is 2.40. The molecule has 0 saturated carbocycles. The Morgan fingerprint density at radius 2 is 1.95 bits per heavy atom. The molecule has 0 spiro atoms. The van der Waals surface area contributed by atoms with Crippen molar-refractivity contribution in [1.82, 2.24) is 4.90 Å². The Morgan fingerprint density at radius 1 is 1.37 bits per heavy atom. The molecule has 0 amide bonds. The van der Waals surface area contributed by atoms with E-state index >= 15 is 0 Å². The standard InChI is InChI=1S/C13H19N3O3/c1-13(14,15-6-8-19-9-7-15)10-11-2-4-12(5-3-11)16(17)18/h2-5H,6-10,14H2,1H3. The lowest BCUT2D eigenvalue weighted by Gasteiger charge is -2.40. The Labute approximate surface area is 112 Å². The molecular weight excluding hydrogens is 246 g/mol. The fourth-order valence-electron chi connectivity index (χ4n) is 2.33. The number of nitrogens with two attached hydrogens (primary N) is 1. The van der Waals surface area contributed by atoms with Crippen molar-refractivity contribution in [2.75, 3.05) is 26.3 Å². The second-order valence-corrected chi connectivity index (χ2v) is 5.06. The zero-order valence-electron chi connectivity index (χ0n) is 11.0. The summed E-state index contributed by atoms with van der Waals surface area (Å²) < 4.78 is 5.31. The van der Waals surface area contributed by atoms with E-state index in [2.05, 4.69) is 4.90 Å². The quantitative estimate of drug-likeness (QED) is 0.652. The molecule has 1 aromatic rings. The van der Waals surface area contributed by atoms with Gasteiger partial charge in [0.25, 0.3) is 5.69 Å². The van der Waals surface area contributed by atoms with E-state index in [1.54, 1.807) is 12.1 Å². The van der Waals surface area contributed by atoms with Crippen LogP contribution in [0.5, 0.6) is 0 Å². The summed E-state index contributed by atoms with van der Waals surface area (Å²) in [5.41, 5.74) is 7.01. The van der Waals surface area contributed by atoms with Crippen molar-refractivity contribution in [2.24, 2.45) is 5.73 Å². The molecule has 0 aliphatic carbocycles. The highest BCUT2D eigenvalue weighted by molar-refractivity contribution is 5.33. The molecule has 1 saturated heterocycles. The van der Waals surface area contributed by atoms with Gasteiger partial charge in [0.2, 0.25) is 0 Å². The minimum atomic E-state index is -0.458. The van der Waals surface area contributed by atoms with Crippen molar-refractivity contribution in [3.8, 4) is 0 Å². The zero-order chi connectivity index (χ0) is 13.9. The van der Waals surface area contributed by atoms with E-state index in [1.807, 2.05) is 6.92 Å². The monoisotopic (exact) mass is 265 g/mol. The van der Waals surface area contributed by atoms with E-state index < -0.39 is 10.6 Å². The predicted octanol–water partition coefficient (Wildman–Crippen LogP) is 1.14. The van der Waals surface area contributed by atoms with Gasteiger partial charge in [-0.1, -0.05) is 12.1 Å². The van der Waals surface area contributed by atoms with Gasteiger partial charge in [0, 0.05) is 31.6 Å². The van der Waals surface area contributed by atoms with Crippen LogP contribution in [-0.4, -0.2) is 41.8 Å². The minimum absolute atomic E-state index is 0.105. The number of rotatable bonds is 4. The third-order valence-electron chi connectivity index (χ3n) is 3.44. The lowest BCUT2D eigenvalue weighted by molar-refractivity contribution is -0.384. The van der Waals surface area contributed by atoms with Crippen LogP contribution in [0, 0.1) is 10.1 Å². The number of ether oxygens (including phenoxy) is 1. The van der Waals surface area contributed by atoms with Crippen molar-refractivity contribution in [3.63, 3.8) is 0 Å². The second-order valence-electron chi connectivity index (χ2n) is 5.06. The summed E-state index contributed by atoms with van der Waals surface area (Å²) in [6.07, 6.45) is 0.658. The van der Waals surface area contributed by atoms with Crippen LogP contribution >= 0.6 is 0 Å². The Bertz CT molecular complexity index is 439. The second kappa shape index (κ2) is 5.64. The molecule has 1 atom stereocenters. The Balaban J connectivity index is 2.04. The van der Waals surface area contributed by atoms with Crippen LogP contribution in [0.2, 0.25) is 0 Å². The number of hydrogen-bond donors (Lipinski definition) is 1. The molecule has 0 radical (unpaired) electrons. The Hall–Kier alpha value is -1.50. The van der Waals surface area contributed by atoms with Crippen molar-refractivity contribution in [1.29, 1.82) is 0 Å². The van der Waals surface area contributed by atoms with E-state index in [0.717, 1.165) is 18.7 Å². The van der Waals surface area contributed by atoms with Crippen LogP contribution in [0.1, 0.15) is 12.5 Å². The zero-order valence-corrected chi connectivity index (χ0v) is 11.0. The maximum absolute atomic E-state index is 10.6. The average molecular weight is 265 g/mol. The molecule has 1 heterocycles. The van der Waals surface area contributed by atoms with Crippen molar-refractivity contribution in [3.05, 3.63) is 39.9 Å². The topological polar surface area (TPSA) is 81.6 Å². The predicted molar refractivity (Wildman–Crippen MR) is 71.8 cm³/mol. The Morgan fingerprint density at radius 3 is 2.47 bits per heavy atom. The molecule has 6 nitrogen and oxygen atoms in total. The highest BCUT2D eigenvalue weighted by atomic mass is 16.6. The number of nitrogens with zero attached hydrogens (tertiary/aromatic N) is 2. The van der Waals surface area contributed by atoms with Gasteiger partial charge in [-0.15, -0.1) is 0 Å². The third-order valence-corrected chi connectivity index (χ3v) is 3.44. The van der Waals surface area contributed by atoms with Gasteiger partial charge in [-0.2, -0.15) is 0 Å². The largest absolute Gasteiger partial charge is 0.379 e. The van der Waals surface area contributed by atoms with Crippen LogP contribution < -0.4 is 5.73 Å². The minimum Gasteiger partial charge on any atom is -0.379 e. The van der Waals surface area contributed by atoms with E-state index in [9.17, 15) is 10.1 Å². The maximum atomic E-state index is 10.6. The van der Waals surface area contributed by atoms with Crippen LogP contribution in [0.25, 0.3) is 0 Å². The van der Waals surface area contributed by atoms with Crippen molar-refractivity contribution in [2.45, 2.75) is 19.0 Å². The van der Waals surface area contributed by atoms with E-state index in [4.69, 9.17) is 10.5 Å². The van der Waals surface area contributed by atoms with Crippen LogP contribution in [0.4, 0.5) is 5.69 Å². The Kier molecular flexibility index (Phi) is 4.14. The SMILES string of the molecule is CC(N)(Cc1ccc([N+](=O)[O-])cc1)N1CCOCC1. The molecule has 1 unspecified atom stereocenters. The molecular formula is C13H19N3O3. The number of hydrogen-bond acceptors (Lipinski definition) is 5. The summed E-state index contributed by atoms with van der Waals surface area (Å²) in [4.78, 5) is 12.4. The lowest BCUT2D eigenvalue weighted by Crippen LogP contribution is -2.58. The molecule has 0 aromatic heterocycles. The summed E-state index contributed by atoms with van der Waals surface area (Å²) in [5.74, 6) is 0. The molecule has 2 rings (SSSR count). The van der Waals surface area contributed by atoms with Crippen molar-refractivity contribution < 1.29 is 9.66 Å². The van der Waals surface area contributed by atoms with Crippen molar-refractivity contribution >= 4 is 5.69 Å². The van der Waals surface area contributed by atoms with Crippen LogP contribution in [0.3, 0.4) is 0 Å². The lowest BCUT2D eigenvalue weighted by atomic mass is 9.99. The van der Waals surface area contributed by atoms with Gasteiger partial charge >= 0.3 is 0 Å². The molecule has 6 heteroatoms. The molecule has 1 aromatic carbocycles. The normalized spacial score (nSPS) is 19.9. The summed E-state index contributed by atoms with van der Waals surface area (Å²) in [6, 6.07) is 6.57. The van der Waals surface area contributed by atoms with Gasteiger partial charge in [0.05, 0.1) is 23.8 Å². The number of morpholine rings is 1. The fourth-order valence-corrected chi connectivity index (χ4v) is 2.33. The molecule has 2 N–H and O–H groups in total. The first-order valence-corrected chi connectivity index (χ1v) is 6.34. The highest BCUT2D eigenvalue weighted by Crippen LogP contribution is 2.19. The molecule has 19 heavy (non-hydrogen) atoms. The third kappa shape index (κ3) is 3.50. The first-order chi connectivity index (χ1) is 8.99. The van der Waals surface area contributed by atoms with E-state index in [-0.39, 0.29) is 5.69 Å². The van der Waals surface area contributed by atoms with Gasteiger partial charge in [0.1, 0.15) is 0 Å². The van der Waals surface area contributed by atoms with E-state index in [1.165, 1.54) is 12.1 Å². The van der Waals surface area contributed by atoms with Gasteiger partial charge in [-0.05, 0) is 12.5 Å². The number of nitro groups is 1. The summed E-state index contributed by atoms with van der Waals surface area (Å²) in [5, 5.41) is 10.6. The van der Waals surface area contributed by atoms with Gasteiger partial charge in [-0.3, -0.25) is 15.0 Å². The molecule has 104 valence electrons. The number of benzene rings is 1. The first-order valence-electron chi connectivity index (χ1n) is 6.34. The smallest absolute Gasteiger partial charge is 0.269 e. The van der Waals surface area contributed by atoms with Gasteiger partial charge in [0.15, 0.2) is 0 Å². The summed E-state index contributed by atoms with van der Waals surface area (Å²) in [7, 11) is 0. The fraction of sp³-hybridized carbons (Fsp3) is 0.538. The summed E-state index contributed by atoms with van der Waals surface area (Å²) >= 11 is 0. The summed E-state index contributed by atoms with van der Waals surface area (Å²) in [6.45, 7) is 5.03. The van der Waals surface area contributed by atoms with Gasteiger partial charge in [-0.25, -0.2) is 0 Å². The van der Waals surface area contributed by atoms with Crippen LogP contribution in [-0.2, 0) is 11.2 Å². The molecule has 0 bridgehead atoms. The highest BCUT2D eigenvalue weighted by Gasteiger charge is 2.29. The molecule has 1 aliphatic rings. The number of nitro benzene ring substituents is 1. The first kappa shape index (κ1) is 13.9. The van der Waals surface area contributed by atoms with Gasteiger partial charge < -0.3 is 10.5 Å². The molecule has 1 fully saturated rings. The number of non-ortho nitro benzene ring substituents is 1.